The van der Waals surface area contributed by atoms with Gasteiger partial charge in [0.15, 0.2) is 0 Å². The van der Waals surface area contributed by atoms with E-state index < -0.39 is 32.4 Å². The molecule has 71 heavy (non-hydrogen) atoms. The summed E-state index contributed by atoms with van der Waals surface area (Å²) < 4.78 is 10.9. The van der Waals surface area contributed by atoms with E-state index in [0.717, 1.165) is 11.8 Å². The van der Waals surface area contributed by atoms with Crippen LogP contribution in [0.3, 0.4) is 0 Å². The van der Waals surface area contributed by atoms with Gasteiger partial charge in [0, 0.05) is 85.7 Å². The van der Waals surface area contributed by atoms with Gasteiger partial charge in [-0.3, -0.25) is 49.2 Å². The number of hydrogen-bond donors (Lipinski definition) is 0. The predicted octanol–water partition coefficient (Wildman–Crippen LogP) is 10.6. The van der Waals surface area contributed by atoms with Gasteiger partial charge in [-0.25, -0.2) is 0 Å². The third kappa shape index (κ3) is 14.8. The van der Waals surface area contributed by atoms with Crippen LogP contribution >= 0.6 is 58.2 Å². The second-order valence-electron chi connectivity index (χ2n) is 18.7. The molecule has 0 atom stereocenters. The van der Waals surface area contributed by atoms with Crippen molar-refractivity contribution in [3.63, 3.8) is 0 Å². The van der Waals surface area contributed by atoms with Gasteiger partial charge < -0.3 is 19.3 Å². The first-order valence-electron chi connectivity index (χ1n) is 22.4. The standard InChI is InChI=1S/C50H52Cl4N6O10S/c1-49(2,3)69-43(63)29-55-19-23-57(24-20-55)41(61)17-9-31-7-15-39(47(59(65)66)45(31)35-13-11-33(51)27-37(35)53)71-40-16-8-32(46(48(40)60(67)68)36-14-12-34(52)28-38(36)54)10-18-42(62)58-25-21-56(22-26-58)30-44(64)70-50(4,5)6/h7-18,27-28H,19-26,29-30H2,1-6H3/b17-9+,18-10+. The number of hydrogen-bond acceptors (Lipinski definition) is 13. The topological polar surface area (TPSA) is 186 Å². The monoisotopic (exact) mass is 1070 g/mol. The maximum Gasteiger partial charge on any atom is 0.320 e. The van der Waals surface area contributed by atoms with Gasteiger partial charge in [0.1, 0.15) is 11.2 Å². The van der Waals surface area contributed by atoms with Crippen LogP contribution in [-0.4, -0.2) is 130 Å². The average molecular weight is 1070 g/mol. The molecule has 4 aromatic rings. The van der Waals surface area contributed by atoms with Gasteiger partial charge in [-0.2, -0.15) is 0 Å². The van der Waals surface area contributed by atoms with Crippen LogP contribution in [0.5, 0.6) is 0 Å². The summed E-state index contributed by atoms with van der Waals surface area (Å²) in [4.78, 5) is 84.3. The van der Waals surface area contributed by atoms with Crippen LogP contribution in [0.2, 0.25) is 20.1 Å². The molecule has 0 aliphatic carbocycles. The van der Waals surface area contributed by atoms with E-state index in [0.29, 0.717) is 52.4 Å². The van der Waals surface area contributed by atoms with Gasteiger partial charge in [-0.1, -0.05) is 82.4 Å². The number of esters is 2. The molecule has 16 nitrogen and oxygen atoms in total. The number of carbonyl (C=O) groups excluding carboxylic acids is 4. The highest BCUT2D eigenvalue weighted by Gasteiger charge is 2.32. The fourth-order valence-corrected chi connectivity index (χ4v) is 10.0. The Morgan fingerprint density at radius 3 is 1.24 bits per heavy atom. The third-order valence-electron chi connectivity index (χ3n) is 11.1. The zero-order valence-corrected chi connectivity index (χ0v) is 43.7. The van der Waals surface area contributed by atoms with E-state index in [4.69, 9.17) is 55.9 Å². The molecule has 2 fully saturated rings. The summed E-state index contributed by atoms with van der Waals surface area (Å²) in [7, 11) is 0. The number of halogens is 4. The Bertz CT molecular complexity index is 2610. The Balaban J connectivity index is 1.34. The van der Waals surface area contributed by atoms with Gasteiger partial charge in [-0.05, 0) is 101 Å². The smallest absolute Gasteiger partial charge is 0.320 e. The molecule has 0 spiro atoms. The first-order valence-corrected chi connectivity index (χ1v) is 24.7. The van der Waals surface area contributed by atoms with Crippen molar-refractivity contribution in [3.8, 4) is 22.3 Å². The van der Waals surface area contributed by atoms with Gasteiger partial charge in [-0.15, -0.1) is 0 Å². The third-order valence-corrected chi connectivity index (χ3v) is 13.3. The largest absolute Gasteiger partial charge is 0.459 e. The number of amides is 2. The molecule has 21 heteroatoms. The van der Waals surface area contributed by atoms with Crippen LogP contribution in [0.4, 0.5) is 11.4 Å². The molecule has 376 valence electrons. The van der Waals surface area contributed by atoms with Gasteiger partial charge >= 0.3 is 11.9 Å². The van der Waals surface area contributed by atoms with E-state index in [1.165, 1.54) is 72.8 Å². The molecule has 0 radical (unpaired) electrons. The predicted molar refractivity (Wildman–Crippen MR) is 277 cm³/mol. The van der Waals surface area contributed by atoms with E-state index in [2.05, 4.69) is 0 Å². The van der Waals surface area contributed by atoms with Crippen molar-refractivity contribution in [2.24, 2.45) is 0 Å². The van der Waals surface area contributed by atoms with Gasteiger partial charge in [0.2, 0.25) is 11.8 Å². The quantitative estimate of drug-likeness (QED) is 0.0503. The van der Waals surface area contributed by atoms with E-state index in [9.17, 15) is 39.4 Å². The van der Waals surface area contributed by atoms with Gasteiger partial charge in [0.05, 0.1) is 53.9 Å². The Hall–Kier alpha value is -5.53. The molecular formula is C50H52Cl4N6O10S. The molecular weight excluding hydrogens is 1020 g/mol. The summed E-state index contributed by atoms with van der Waals surface area (Å²) in [5.74, 6) is -1.47. The van der Waals surface area contributed by atoms with Crippen LogP contribution in [0.25, 0.3) is 34.4 Å². The molecule has 0 saturated carbocycles. The van der Waals surface area contributed by atoms with Crippen molar-refractivity contribution in [3.05, 3.63) is 124 Å². The Morgan fingerprint density at radius 2 is 0.930 bits per heavy atom. The van der Waals surface area contributed by atoms with Crippen molar-refractivity contribution in [1.29, 1.82) is 0 Å². The highest BCUT2D eigenvalue weighted by atomic mass is 35.5. The van der Waals surface area contributed by atoms with Gasteiger partial charge in [0.25, 0.3) is 11.4 Å². The maximum absolute atomic E-state index is 13.6. The number of nitro benzene ring substituents is 2. The molecule has 0 bridgehead atoms. The minimum absolute atomic E-state index is 0.00105. The molecule has 2 saturated heterocycles. The first-order chi connectivity index (χ1) is 33.4. The van der Waals surface area contributed by atoms with E-state index >= 15 is 0 Å². The number of piperazine rings is 2. The van der Waals surface area contributed by atoms with E-state index in [-0.39, 0.29) is 100 Å². The van der Waals surface area contributed by atoms with Crippen molar-refractivity contribution in [2.45, 2.75) is 62.5 Å². The number of carbonyl (C=O) groups is 4. The normalized spacial score (nSPS) is 15.1. The first kappa shape index (κ1) is 54.8. The second kappa shape index (κ2) is 23.3. The fraction of sp³-hybridized carbons (Fsp3) is 0.360. The fourth-order valence-electron chi connectivity index (χ4n) is 7.95. The lowest BCUT2D eigenvalue weighted by molar-refractivity contribution is -0.387. The summed E-state index contributed by atoms with van der Waals surface area (Å²) in [6.45, 7) is 13.9. The molecule has 0 aromatic heterocycles. The second-order valence-corrected chi connectivity index (χ2v) is 21.4. The summed E-state index contributed by atoms with van der Waals surface area (Å²) in [6.07, 6.45) is 5.51. The number of rotatable bonds is 14. The summed E-state index contributed by atoms with van der Waals surface area (Å²) >= 11 is 26.7. The average Bonchev–Trinajstić information content (AvgIpc) is 3.26. The van der Waals surface area contributed by atoms with Crippen LogP contribution in [-0.2, 0) is 28.7 Å². The lowest BCUT2D eigenvalue weighted by atomic mass is 9.97. The number of nitrogens with zero attached hydrogens (tertiary/aromatic N) is 6. The minimum Gasteiger partial charge on any atom is -0.459 e. The van der Waals surface area contributed by atoms with E-state index in [1.807, 2.05) is 9.80 Å². The van der Waals surface area contributed by atoms with Crippen molar-refractivity contribution >= 4 is 105 Å². The lowest BCUT2D eigenvalue weighted by Gasteiger charge is -2.34. The summed E-state index contributed by atoms with van der Waals surface area (Å²) in [6, 6.07) is 14.9. The van der Waals surface area contributed by atoms with Crippen molar-refractivity contribution in [2.75, 3.05) is 65.4 Å². The Labute approximate surface area is 435 Å². The molecule has 4 aromatic carbocycles. The number of ether oxygens (including phenoxy) is 2. The molecule has 0 N–H and O–H groups in total. The highest BCUT2D eigenvalue weighted by molar-refractivity contribution is 7.99. The van der Waals surface area contributed by atoms with Crippen LogP contribution < -0.4 is 0 Å². The Morgan fingerprint density at radius 1 is 0.577 bits per heavy atom. The number of benzene rings is 4. The van der Waals surface area contributed by atoms with Crippen molar-refractivity contribution < 1.29 is 38.5 Å². The summed E-state index contributed by atoms with van der Waals surface area (Å²) in [5, 5.41) is 27.3. The molecule has 2 amide bonds. The number of nitro groups is 2. The molecule has 2 aliphatic rings. The van der Waals surface area contributed by atoms with Crippen LogP contribution in [0, 0.1) is 20.2 Å². The van der Waals surface area contributed by atoms with Crippen LogP contribution in [0.15, 0.2) is 82.6 Å². The molecule has 2 heterocycles. The maximum atomic E-state index is 13.6. The lowest BCUT2D eigenvalue weighted by Crippen LogP contribution is -2.50. The zero-order valence-electron chi connectivity index (χ0n) is 39.8. The molecule has 6 rings (SSSR count). The minimum atomic E-state index is -0.630. The van der Waals surface area contributed by atoms with E-state index in [1.54, 1.807) is 63.5 Å². The SMILES string of the molecule is CC(C)(C)OC(=O)CN1CCN(C(=O)/C=C/c2ccc(Sc3ccc(/C=C/C(=O)N4CCN(CC(=O)OC(C)(C)C)CC4)c(-c4ccc(Cl)cc4Cl)c3[N+](=O)[O-])c([N+](=O)[O-])c2-c2ccc(Cl)cc2Cl)CC1. The van der Waals surface area contributed by atoms with Crippen molar-refractivity contribution in [1.82, 2.24) is 19.6 Å². The van der Waals surface area contributed by atoms with Crippen LogP contribution in [0.1, 0.15) is 52.7 Å². The molecule has 0 unspecified atom stereocenters. The highest BCUT2D eigenvalue weighted by Crippen LogP contribution is 2.50. The zero-order chi connectivity index (χ0) is 51.9. The summed E-state index contributed by atoms with van der Waals surface area (Å²) in [5.41, 5.74) is -1.18. The molecule has 2 aliphatic heterocycles. The Kier molecular flexibility index (Phi) is 18.0.